The topological polar surface area (TPSA) is 58.9 Å². The van der Waals surface area contributed by atoms with Crippen LogP contribution in [0.1, 0.15) is 0 Å². The van der Waals surface area contributed by atoms with E-state index in [1.165, 1.54) is 0 Å². The molecule has 6 heteroatoms. The molecule has 0 saturated carbocycles. The van der Waals surface area contributed by atoms with E-state index >= 15 is 0 Å². The van der Waals surface area contributed by atoms with Crippen molar-refractivity contribution in [3.05, 3.63) is 24.4 Å². The van der Waals surface area contributed by atoms with Crippen molar-refractivity contribution >= 4 is 5.95 Å². The highest BCUT2D eigenvalue weighted by Crippen LogP contribution is 2.19. The largest absolute Gasteiger partial charge is 0.338 e. The van der Waals surface area contributed by atoms with Crippen LogP contribution in [0, 0.1) is 0 Å². The molecule has 0 spiro atoms. The lowest BCUT2D eigenvalue weighted by Crippen LogP contribution is -2.44. The molecule has 1 saturated heterocycles. The van der Waals surface area contributed by atoms with Crippen molar-refractivity contribution in [2.75, 3.05) is 31.1 Å². The maximum absolute atomic E-state index is 4.31. The van der Waals surface area contributed by atoms with E-state index in [9.17, 15) is 0 Å². The van der Waals surface area contributed by atoms with Gasteiger partial charge in [0.25, 0.3) is 0 Å². The summed E-state index contributed by atoms with van der Waals surface area (Å²) in [6.07, 6.45) is 1.77. The lowest BCUT2D eigenvalue weighted by atomic mass is 10.3. The van der Waals surface area contributed by atoms with Crippen LogP contribution >= 0.6 is 0 Å². The Morgan fingerprint density at radius 2 is 2.00 bits per heavy atom. The molecule has 1 aliphatic heterocycles. The van der Waals surface area contributed by atoms with Crippen molar-refractivity contribution in [1.29, 1.82) is 0 Å². The molecule has 94 valence electrons. The second-order valence-corrected chi connectivity index (χ2v) is 4.33. The normalized spacial score (nSPS) is 15.9. The van der Waals surface area contributed by atoms with Gasteiger partial charge >= 0.3 is 0 Å². The molecule has 0 atom stereocenters. The van der Waals surface area contributed by atoms with Crippen molar-refractivity contribution in [3.8, 4) is 11.5 Å². The summed E-state index contributed by atoms with van der Waals surface area (Å²) < 4.78 is 2.01. The first-order valence-electron chi connectivity index (χ1n) is 6.13. The van der Waals surface area contributed by atoms with Crippen molar-refractivity contribution in [1.82, 2.24) is 25.1 Å². The van der Waals surface area contributed by atoms with E-state index in [1.807, 2.05) is 29.8 Å². The lowest BCUT2D eigenvalue weighted by molar-refractivity contribution is 0.573. The molecule has 0 radical (unpaired) electrons. The predicted octanol–water partition coefficient (Wildman–Crippen LogP) is 0.287. The Kier molecular flexibility index (Phi) is 2.93. The summed E-state index contributed by atoms with van der Waals surface area (Å²) in [5.74, 6) is 1.72. The van der Waals surface area contributed by atoms with Gasteiger partial charge in [0, 0.05) is 39.4 Å². The van der Waals surface area contributed by atoms with E-state index in [0.29, 0.717) is 0 Å². The third-order valence-electron chi connectivity index (χ3n) is 3.15. The number of nitrogens with one attached hydrogen (secondary N) is 1. The van der Waals surface area contributed by atoms with Crippen molar-refractivity contribution in [2.24, 2.45) is 7.05 Å². The monoisotopic (exact) mass is 244 g/mol. The van der Waals surface area contributed by atoms with Crippen LogP contribution < -0.4 is 10.2 Å². The van der Waals surface area contributed by atoms with Crippen LogP contribution in [-0.4, -0.2) is 45.9 Å². The van der Waals surface area contributed by atoms with Gasteiger partial charge in [-0.15, -0.1) is 10.2 Å². The van der Waals surface area contributed by atoms with E-state index in [-0.39, 0.29) is 0 Å². The van der Waals surface area contributed by atoms with Gasteiger partial charge in [-0.2, -0.15) is 0 Å². The quantitative estimate of drug-likeness (QED) is 0.822. The Bertz CT molecular complexity index is 515. The average molecular weight is 244 g/mol. The van der Waals surface area contributed by atoms with Gasteiger partial charge in [-0.25, -0.2) is 0 Å². The highest BCUT2D eigenvalue weighted by Gasteiger charge is 2.18. The molecule has 1 N–H and O–H groups in total. The summed E-state index contributed by atoms with van der Waals surface area (Å²) in [5.41, 5.74) is 0.855. The molecular weight excluding hydrogens is 228 g/mol. The minimum atomic E-state index is 0.809. The standard InChI is InChI=1S/C12H16N6/c1-17-11(10-4-2-3-5-14-10)15-16-12(17)18-8-6-13-7-9-18/h2-5,13H,6-9H2,1H3. The third-order valence-corrected chi connectivity index (χ3v) is 3.15. The highest BCUT2D eigenvalue weighted by atomic mass is 15.4. The van der Waals surface area contributed by atoms with E-state index in [1.54, 1.807) is 6.20 Å². The number of nitrogens with zero attached hydrogens (tertiary/aromatic N) is 5. The van der Waals surface area contributed by atoms with Gasteiger partial charge in [-0.1, -0.05) is 6.07 Å². The zero-order chi connectivity index (χ0) is 12.4. The van der Waals surface area contributed by atoms with Crippen LogP contribution in [0.3, 0.4) is 0 Å². The van der Waals surface area contributed by atoms with Crippen molar-refractivity contribution in [2.45, 2.75) is 0 Å². The molecule has 3 rings (SSSR count). The first-order chi connectivity index (χ1) is 8.86. The van der Waals surface area contributed by atoms with Crippen LogP contribution in [0.25, 0.3) is 11.5 Å². The van der Waals surface area contributed by atoms with E-state index < -0.39 is 0 Å². The van der Waals surface area contributed by atoms with Crippen LogP contribution in [0.2, 0.25) is 0 Å². The first-order valence-corrected chi connectivity index (χ1v) is 6.13. The minimum absolute atomic E-state index is 0.809. The number of aromatic nitrogens is 4. The molecular formula is C12H16N6. The SMILES string of the molecule is Cn1c(-c2ccccn2)nnc1N1CCNCC1. The summed E-state index contributed by atoms with van der Waals surface area (Å²) in [6, 6.07) is 5.81. The molecule has 0 amide bonds. The Balaban J connectivity index is 1.92. The summed E-state index contributed by atoms with van der Waals surface area (Å²) >= 11 is 0. The Labute approximate surface area is 106 Å². The third kappa shape index (κ3) is 1.95. The van der Waals surface area contributed by atoms with Crippen LogP contribution in [-0.2, 0) is 7.05 Å². The smallest absolute Gasteiger partial charge is 0.227 e. The number of hydrogen-bond acceptors (Lipinski definition) is 5. The Hall–Kier alpha value is -1.95. The molecule has 3 heterocycles. The molecule has 18 heavy (non-hydrogen) atoms. The molecule has 0 unspecified atom stereocenters. The fraction of sp³-hybridized carbons (Fsp3) is 0.417. The van der Waals surface area contributed by atoms with Gasteiger partial charge in [0.1, 0.15) is 5.69 Å². The number of hydrogen-bond donors (Lipinski definition) is 1. The summed E-state index contributed by atoms with van der Waals surface area (Å²) in [4.78, 5) is 6.56. The molecule has 2 aromatic rings. The number of piperazine rings is 1. The van der Waals surface area contributed by atoms with E-state index in [2.05, 4.69) is 25.4 Å². The number of anilines is 1. The van der Waals surface area contributed by atoms with Crippen molar-refractivity contribution in [3.63, 3.8) is 0 Å². The Morgan fingerprint density at radius 1 is 1.17 bits per heavy atom. The van der Waals surface area contributed by atoms with Gasteiger partial charge in [0.05, 0.1) is 0 Å². The maximum atomic E-state index is 4.31. The van der Waals surface area contributed by atoms with Gasteiger partial charge in [0.2, 0.25) is 5.95 Å². The second kappa shape index (κ2) is 4.73. The zero-order valence-corrected chi connectivity index (χ0v) is 10.4. The summed E-state index contributed by atoms with van der Waals surface area (Å²) in [7, 11) is 1.99. The lowest BCUT2D eigenvalue weighted by Gasteiger charge is -2.27. The van der Waals surface area contributed by atoms with Crippen LogP contribution in [0.4, 0.5) is 5.95 Å². The van der Waals surface area contributed by atoms with Gasteiger partial charge in [0.15, 0.2) is 5.82 Å². The molecule has 1 fully saturated rings. The molecule has 0 bridgehead atoms. The zero-order valence-electron chi connectivity index (χ0n) is 10.4. The molecule has 2 aromatic heterocycles. The second-order valence-electron chi connectivity index (χ2n) is 4.33. The fourth-order valence-corrected chi connectivity index (χ4v) is 2.18. The first kappa shape index (κ1) is 11.2. The number of rotatable bonds is 2. The number of pyridine rings is 1. The average Bonchev–Trinajstić information content (AvgIpc) is 2.83. The maximum Gasteiger partial charge on any atom is 0.227 e. The summed E-state index contributed by atoms with van der Waals surface area (Å²) in [5, 5.41) is 11.9. The fourth-order valence-electron chi connectivity index (χ4n) is 2.18. The van der Waals surface area contributed by atoms with E-state index in [4.69, 9.17) is 0 Å². The molecule has 0 aliphatic carbocycles. The highest BCUT2D eigenvalue weighted by molar-refractivity contribution is 5.52. The van der Waals surface area contributed by atoms with Gasteiger partial charge in [-0.05, 0) is 12.1 Å². The van der Waals surface area contributed by atoms with Crippen LogP contribution in [0.5, 0.6) is 0 Å². The van der Waals surface area contributed by atoms with Gasteiger partial charge < -0.3 is 10.2 Å². The molecule has 6 nitrogen and oxygen atoms in total. The Morgan fingerprint density at radius 3 is 2.72 bits per heavy atom. The van der Waals surface area contributed by atoms with E-state index in [0.717, 1.165) is 43.6 Å². The van der Waals surface area contributed by atoms with Crippen molar-refractivity contribution < 1.29 is 0 Å². The van der Waals surface area contributed by atoms with Gasteiger partial charge in [-0.3, -0.25) is 9.55 Å². The predicted molar refractivity (Wildman–Crippen MR) is 69.3 cm³/mol. The molecule has 1 aliphatic rings. The molecule has 0 aromatic carbocycles. The van der Waals surface area contributed by atoms with Crippen LogP contribution in [0.15, 0.2) is 24.4 Å². The summed E-state index contributed by atoms with van der Waals surface area (Å²) in [6.45, 7) is 3.92. The minimum Gasteiger partial charge on any atom is -0.338 e.